The lowest BCUT2D eigenvalue weighted by Gasteiger charge is -2.12. The second-order valence-corrected chi connectivity index (χ2v) is 6.94. The van der Waals surface area contributed by atoms with E-state index in [-0.39, 0.29) is 18.4 Å². The summed E-state index contributed by atoms with van der Waals surface area (Å²) in [4.78, 5) is 30.9. The number of nitrogens with one attached hydrogen (secondary N) is 3. The van der Waals surface area contributed by atoms with E-state index in [2.05, 4.69) is 20.6 Å². The average molecular weight is 392 g/mol. The molecule has 7 heteroatoms. The molecule has 0 unspecified atom stereocenters. The zero-order chi connectivity index (χ0) is 21.0. The molecular weight excluding hydrogens is 368 g/mol. The van der Waals surface area contributed by atoms with Gasteiger partial charge >= 0.3 is 0 Å². The third-order valence-electron chi connectivity index (χ3n) is 4.31. The fraction of sp³-hybridized carbons (Fsp3) is 0.227. The van der Waals surface area contributed by atoms with Gasteiger partial charge in [-0.25, -0.2) is 4.98 Å². The van der Waals surface area contributed by atoms with Crippen LogP contribution in [0.3, 0.4) is 0 Å². The molecule has 2 amide bonds. The van der Waals surface area contributed by atoms with Crippen molar-refractivity contribution in [2.45, 2.75) is 27.7 Å². The van der Waals surface area contributed by atoms with Gasteiger partial charge in [0.15, 0.2) is 6.61 Å². The monoisotopic (exact) mass is 392 g/mol. The first-order valence-corrected chi connectivity index (χ1v) is 9.26. The zero-order valence-electron chi connectivity index (χ0n) is 16.9. The second kappa shape index (κ2) is 8.60. The van der Waals surface area contributed by atoms with Crippen molar-refractivity contribution in [3.8, 4) is 17.0 Å². The number of H-pyrrole nitrogens is 1. The first-order valence-electron chi connectivity index (χ1n) is 9.26. The summed E-state index contributed by atoms with van der Waals surface area (Å²) >= 11 is 0. The largest absolute Gasteiger partial charge is 0.483 e. The van der Waals surface area contributed by atoms with E-state index in [1.54, 1.807) is 12.3 Å². The van der Waals surface area contributed by atoms with Crippen LogP contribution >= 0.6 is 0 Å². The summed E-state index contributed by atoms with van der Waals surface area (Å²) in [6.45, 7) is 7.27. The number of aromatic amines is 1. The number of para-hydroxylation sites is 1. The van der Waals surface area contributed by atoms with E-state index < -0.39 is 0 Å². The lowest BCUT2D eigenvalue weighted by atomic mass is 10.1. The van der Waals surface area contributed by atoms with E-state index in [4.69, 9.17) is 4.74 Å². The van der Waals surface area contributed by atoms with Crippen LogP contribution in [-0.4, -0.2) is 28.4 Å². The summed E-state index contributed by atoms with van der Waals surface area (Å²) in [5, 5.41) is 5.48. The summed E-state index contributed by atoms with van der Waals surface area (Å²) in [6.07, 6.45) is 1.60. The molecule has 0 saturated carbocycles. The van der Waals surface area contributed by atoms with Gasteiger partial charge in [0.05, 0.1) is 17.6 Å². The molecule has 3 aromatic rings. The van der Waals surface area contributed by atoms with Gasteiger partial charge in [-0.1, -0.05) is 35.9 Å². The molecule has 1 aromatic heterocycles. The van der Waals surface area contributed by atoms with Crippen molar-refractivity contribution in [3.63, 3.8) is 0 Å². The van der Waals surface area contributed by atoms with Crippen molar-refractivity contribution in [1.29, 1.82) is 0 Å². The molecule has 3 rings (SSSR count). The Balaban J connectivity index is 1.67. The number of aryl methyl sites for hydroxylation is 3. The molecule has 3 N–H and O–H groups in total. The maximum Gasteiger partial charge on any atom is 0.264 e. The summed E-state index contributed by atoms with van der Waals surface area (Å²) in [5.74, 6) is 0.545. The number of rotatable bonds is 6. The predicted octanol–water partition coefficient (Wildman–Crippen LogP) is 3.98. The highest BCUT2D eigenvalue weighted by Gasteiger charge is 2.12. The van der Waals surface area contributed by atoms with Crippen molar-refractivity contribution in [1.82, 2.24) is 9.97 Å². The second-order valence-electron chi connectivity index (χ2n) is 6.94. The average Bonchev–Trinajstić information content (AvgIpc) is 3.09. The maximum absolute atomic E-state index is 12.3. The Morgan fingerprint density at radius 2 is 1.76 bits per heavy atom. The minimum Gasteiger partial charge on any atom is -0.483 e. The molecule has 2 aromatic carbocycles. The molecule has 7 nitrogen and oxygen atoms in total. The summed E-state index contributed by atoms with van der Waals surface area (Å²) < 4.78 is 5.71. The van der Waals surface area contributed by atoms with Crippen LogP contribution in [0, 0.1) is 20.8 Å². The van der Waals surface area contributed by atoms with Gasteiger partial charge in [0, 0.05) is 12.5 Å². The van der Waals surface area contributed by atoms with Crippen LogP contribution in [0.1, 0.15) is 23.6 Å². The number of hydrogen-bond donors (Lipinski definition) is 3. The maximum atomic E-state index is 12.3. The van der Waals surface area contributed by atoms with Crippen LogP contribution in [-0.2, 0) is 9.59 Å². The van der Waals surface area contributed by atoms with Crippen LogP contribution in [0.25, 0.3) is 11.3 Å². The fourth-order valence-corrected chi connectivity index (χ4v) is 3.24. The number of ether oxygens (including phenoxy) is 1. The number of hydrogen-bond acceptors (Lipinski definition) is 4. The fourth-order valence-electron chi connectivity index (χ4n) is 3.24. The minimum atomic E-state index is -0.319. The minimum absolute atomic E-state index is 0.122. The molecule has 0 aliphatic heterocycles. The van der Waals surface area contributed by atoms with Gasteiger partial charge < -0.3 is 15.0 Å². The van der Waals surface area contributed by atoms with Gasteiger partial charge in [0.25, 0.3) is 5.91 Å². The van der Waals surface area contributed by atoms with E-state index in [0.717, 1.165) is 28.0 Å². The number of benzene rings is 2. The van der Waals surface area contributed by atoms with Crippen LogP contribution in [0.15, 0.2) is 42.6 Å². The van der Waals surface area contributed by atoms with Crippen LogP contribution < -0.4 is 15.4 Å². The van der Waals surface area contributed by atoms with E-state index in [0.29, 0.717) is 17.3 Å². The predicted molar refractivity (Wildman–Crippen MR) is 113 cm³/mol. The number of imidazole rings is 1. The standard InChI is InChI=1S/C22H24N4O3/c1-13-9-14(2)21(15(3)10-13)29-12-20(28)26-22-23-11-19(25-22)17-7-5-6-8-18(17)24-16(4)27/h5-11H,12H2,1-4H3,(H,24,27)(H2,23,25,26,28). The molecule has 29 heavy (non-hydrogen) atoms. The Kier molecular flexibility index (Phi) is 5.97. The Morgan fingerprint density at radius 1 is 1.07 bits per heavy atom. The summed E-state index contributed by atoms with van der Waals surface area (Å²) in [5.41, 5.74) is 5.25. The molecule has 0 atom stereocenters. The number of nitrogens with zero attached hydrogens (tertiary/aromatic N) is 1. The van der Waals surface area contributed by atoms with Crippen molar-refractivity contribution in [3.05, 3.63) is 59.3 Å². The van der Waals surface area contributed by atoms with E-state index in [1.165, 1.54) is 6.92 Å². The molecule has 0 spiro atoms. The molecule has 0 bridgehead atoms. The van der Waals surface area contributed by atoms with Crippen LogP contribution in [0.5, 0.6) is 5.75 Å². The SMILES string of the molecule is CC(=O)Nc1ccccc1-c1cnc(NC(=O)COc2c(C)cc(C)cc2C)[nH]1. The molecule has 0 fully saturated rings. The zero-order valence-corrected chi connectivity index (χ0v) is 16.9. The third-order valence-corrected chi connectivity index (χ3v) is 4.31. The number of anilines is 2. The smallest absolute Gasteiger partial charge is 0.264 e. The third kappa shape index (κ3) is 5.01. The Morgan fingerprint density at radius 3 is 2.45 bits per heavy atom. The first kappa shape index (κ1) is 20.1. The Labute approximate surface area is 169 Å². The number of amides is 2. The van der Waals surface area contributed by atoms with Crippen molar-refractivity contribution in [2.24, 2.45) is 0 Å². The Hall–Kier alpha value is -3.61. The van der Waals surface area contributed by atoms with Crippen molar-refractivity contribution < 1.29 is 14.3 Å². The van der Waals surface area contributed by atoms with Crippen LogP contribution in [0.2, 0.25) is 0 Å². The Bertz CT molecular complexity index is 1030. The normalized spacial score (nSPS) is 10.5. The number of carbonyl (C=O) groups is 2. The molecule has 0 saturated heterocycles. The molecule has 0 radical (unpaired) electrons. The molecule has 150 valence electrons. The van der Waals surface area contributed by atoms with Gasteiger partial charge in [-0.15, -0.1) is 0 Å². The topological polar surface area (TPSA) is 96.1 Å². The van der Waals surface area contributed by atoms with Gasteiger partial charge in [0.2, 0.25) is 11.9 Å². The quantitative estimate of drug-likeness (QED) is 0.591. The first-order chi connectivity index (χ1) is 13.8. The summed E-state index contributed by atoms with van der Waals surface area (Å²) in [6, 6.07) is 11.4. The molecule has 0 aliphatic rings. The highest BCUT2D eigenvalue weighted by atomic mass is 16.5. The van der Waals surface area contributed by atoms with Gasteiger partial charge in [-0.05, 0) is 38.0 Å². The molecule has 0 aliphatic carbocycles. The number of aromatic nitrogens is 2. The van der Waals surface area contributed by atoms with E-state index >= 15 is 0 Å². The van der Waals surface area contributed by atoms with Crippen LogP contribution in [0.4, 0.5) is 11.6 Å². The lowest BCUT2D eigenvalue weighted by Crippen LogP contribution is -2.21. The lowest BCUT2D eigenvalue weighted by molar-refractivity contribution is -0.118. The van der Waals surface area contributed by atoms with E-state index in [9.17, 15) is 9.59 Å². The number of carbonyl (C=O) groups excluding carboxylic acids is 2. The van der Waals surface area contributed by atoms with E-state index in [1.807, 2.05) is 51.1 Å². The van der Waals surface area contributed by atoms with Gasteiger partial charge in [-0.3, -0.25) is 14.9 Å². The van der Waals surface area contributed by atoms with Gasteiger partial charge in [0.1, 0.15) is 5.75 Å². The van der Waals surface area contributed by atoms with Gasteiger partial charge in [-0.2, -0.15) is 0 Å². The summed E-state index contributed by atoms with van der Waals surface area (Å²) in [7, 11) is 0. The molecular formula is C22H24N4O3. The highest BCUT2D eigenvalue weighted by Crippen LogP contribution is 2.27. The van der Waals surface area contributed by atoms with Crippen molar-refractivity contribution >= 4 is 23.5 Å². The molecule has 1 heterocycles. The highest BCUT2D eigenvalue weighted by molar-refractivity contribution is 5.94. The van der Waals surface area contributed by atoms with Crippen molar-refractivity contribution in [2.75, 3.05) is 17.2 Å².